The van der Waals surface area contributed by atoms with Crippen molar-refractivity contribution in [3.05, 3.63) is 24.3 Å². The first kappa shape index (κ1) is 49.0. The largest absolute Gasteiger partial charge is 0.376 e. The van der Waals surface area contributed by atoms with Gasteiger partial charge in [-0.05, 0) is 103 Å². The van der Waals surface area contributed by atoms with Gasteiger partial charge in [-0.25, -0.2) is 0 Å². The maximum atomic E-state index is 12.3. The average Bonchev–Trinajstić information content (AvgIpc) is 3.56. The standard InChI is InChI=1S/C48H92N2O2/c1-5-7-9-11-13-15-17-19-21-23-25-27-29-31-33-35-41-48(52,49-46-39-37-45(43-46)38-40-47(51)44-50(3)4)42-36-34-32-30-28-26-24-22-20-18-16-14-12-10-8-6-2/h13,15,19,21,45-46,49,52H,5-12,14,16-18,20,22-44H2,1-4H3/b15-13-,21-19-/t45-,46+,48?/m0/s1. The van der Waals surface area contributed by atoms with Gasteiger partial charge in [-0.2, -0.15) is 0 Å². The normalized spacial score (nSPS) is 17.7. The zero-order valence-corrected chi connectivity index (χ0v) is 35.7. The Morgan fingerprint density at radius 3 is 1.52 bits per heavy atom. The molecule has 2 N–H and O–H groups in total. The summed E-state index contributed by atoms with van der Waals surface area (Å²) in [5.41, 5.74) is -0.731. The first-order valence-corrected chi connectivity index (χ1v) is 23.3. The van der Waals surface area contributed by atoms with Crippen LogP contribution in [0.25, 0.3) is 0 Å². The molecule has 0 aromatic carbocycles. The van der Waals surface area contributed by atoms with E-state index < -0.39 is 5.72 Å². The molecule has 0 bridgehead atoms. The van der Waals surface area contributed by atoms with Crippen LogP contribution in [0, 0.1) is 5.92 Å². The third-order valence-electron chi connectivity index (χ3n) is 11.6. The van der Waals surface area contributed by atoms with E-state index in [-0.39, 0.29) is 0 Å². The Kier molecular flexibility index (Phi) is 33.7. The molecule has 0 spiro atoms. The molecule has 52 heavy (non-hydrogen) atoms. The third kappa shape index (κ3) is 31.4. The van der Waals surface area contributed by atoms with Gasteiger partial charge in [-0.1, -0.05) is 173 Å². The average molecular weight is 729 g/mol. The number of ketones is 1. The van der Waals surface area contributed by atoms with Crippen LogP contribution in [0.3, 0.4) is 0 Å². The zero-order valence-electron chi connectivity index (χ0n) is 35.7. The Morgan fingerprint density at radius 2 is 1.04 bits per heavy atom. The molecule has 306 valence electrons. The molecule has 1 aliphatic carbocycles. The molecule has 1 unspecified atom stereocenters. The molecule has 3 atom stereocenters. The summed E-state index contributed by atoms with van der Waals surface area (Å²) in [6.45, 7) is 5.12. The van der Waals surface area contributed by atoms with Crippen molar-refractivity contribution in [3.8, 4) is 0 Å². The van der Waals surface area contributed by atoms with Gasteiger partial charge in [0.15, 0.2) is 0 Å². The summed E-state index contributed by atoms with van der Waals surface area (Å²) in [7, 11) is 3.95. The number of hydrogen-bond acceptors (Lipinski definition) is 4. The van der Waals surface area contributed by atoms with Crippen molar-refractivity contribution >= 4 is 5.78 Å². The fourth-order valence-corrected chi connectivity index (χ4v) is 8.29. The molecule has 0 saturated heterocycles. The van der Waals surface area contributed by atoms with E-state index in [1.165, 1.54) is 167 Å². The second-order valence-electron chi connectivity index (χ2n) is 17.3. The predicted octanol–water partition coefficient (Wildman–Crippen LogP) is 14.2. The molecule has 1 fully saturated rings. The number of nitrogens with one attached hydrogen (secondary N) is 1. The molecule has 0 radical (unpaired) electrons. The Balaban J connectivity index is 2.29. The van der Waals surface area contributed by atoms with Crippen molar-refractivity contribution in [1.82, 2.24) is 10.2 Å². The van der Waals surface area contributed by atoms with Crippen molar-refractivity contribution in [1.29, 1.82) is 0 Å². The fourth-order valence-electron chi connectivity index (χ4n) is 8.29. The van der Waals surface area contributed by atoms with Gasteiger partial charge in [0.25, 0.3) is 0 Å². The summed E-state index contributed by atoms with van der Waals surface area (Å²) in [5.74, 6) is 0.976. The molecular weight excluding hydrogens is 637 g/mol. The molecule has 4 heteroatoms. The van der Waals surface area contributed by atoms with Gasteiger partial charge < -0.3 is 10.0 Å². The van der Waals surface area contributed by atoms with Crippen molar-refractivity contribution in [3.63, 3.8) is 0 Å². The minimum Gasteiger partial charge on any atom is -0.376 e. The molecule has 0 aromatic rings. The minimum absolute atomic E-state index is 0.360. The molecule has 1 saturated carbocycles. The maximum Gasteiger partial charge on any atom is 0.146 e. The molecule has 4 nitrogen and oxygen atoms in total. The summed E-state index contributed by atoms with van der Waals surface area (Å²) in [6, 6.07) is 0.393. The van der Waals surface area contributed by atoms with Crippen molar-refractivity contribution < 1.29 is 9.90 Å². The lowest BCUT2D eigenvalue weighted by molar-refractivity contribution is -0.119. The first-order valence-electron chi connectivity index (χ1n) is 23.3. The monoisotopic (exact) mass is 729 g/mol. The van der Waals surface area contributed by atoms with E-state index in [0.29, 0.717) is 30.7 Å². The maximum absolute atomic E-state index is 12.3. The van der Waals surface area contributed by atoms with Gasteiger partial charge in [0.1, 0.15) is 11.5 Å². The summed E-state index contributed by atoms with van der Waals surface area (Å²) >= 11 is 0. The van der Waals surface area contributed by atoms with Crippen LogP contribution in [-0.2, 0) is 4.79 Å². The van der Waals surface area contributed by atoms with Crippen molar-refractivity contribution in [2.45, 2.75) is 250 Å². The minimum atomic E-state index is -0.731. The smallest absolute Gasteiger partial charge is 0.146 e. The second-order valence-corrected chi connectivity index (χ2v) is 17.3. The topological polar surface area (TPSA) is 52.6 Å². The van der Waals surface area contributed by atoms with Crippen LogP contribution >= 0.6 is 0 Å². The zero-order chi connectivity index (χ0) is 37.8. The second kappa shape index (κ2) is 35.7. The van der Waals surface area contributed by atoms with Gasteiger partial charge in [0, 0.05) is 12.5 Å². The lowest BCUT2D eigenvalue weighted by Gasteiger charge is -2.33. The fraction of sp³-hybridized carbons (Fsp3) is 0.896. The highest BCUT2D eigenvalue weighted by atomic mass is 16.3. The van der Waals surface area contributed by atoms with E-state index in [1.54, 1.807) is 0 Å². The molecule has 1 aliphatic rings. The van der Waals surface area contributed by atoms with E-state index in [9.17, 15) is 9.90 Å². The lowest BCUT2D eigenvalue weighted by atomic mass is 9.95. The van der Waals surface area contributed by atoms with E-state index in [0.717, 1.165) is 51.4 Å². The predicted molar refractivity (Wildman–Crippen MR) is 230 cm³/mol. The third-order valence-corrected chi connectivity index (χ3v) is 11.6. The summed E-state index contributed by atoms with van der Waals surface area (Å²) in [6.07, 6.45) is 53.4. The van der Waals surface area contributed by atoms with Crippen LogP contribution in [0.2, 0.25) is 0 Å². The van der Waals surface area contributed by atoms with Gasteiger partial charge in [0.05, 0.1) is 6.54 Å². The first-order chi connectivity index (χ1) is 25.4. The number of rotatable bonds is 39. The van der Waals surface area contributed by atoms with Crippen molar-refractivity contribution in [2.75, 3.05) is 20.6 Å². The number of likely N-dealkylation sites (N-methyl/N-ethyl adjacent to an activating group) is 1. The Hall–Kier alpha value is -0.970. The number of hydrogen-bond donors (Lipinski definition) is 2. The van der Waals surface area contributed by atoms with E-state index in [2.05, 4.69) is 43.5 Å². The van der Waals surface area contributed by atoms with E-state index >= 15 is 0 Å². The molecular formula is C48H92N2O2. The van der Waals surface area contributed by atoms with Crippen LogP contribution in [0.15, 0.2) is 24.3 Å². The number of unbranched alkanes of at least 4 members (excludes halogenated alkanes) is 24. The van der Waals surface area contributed by atoms with Crippen LogP contribution in [0.4, 0.5) is 0 Å². The lowest BCUT2D eigenvalue weighted by Crippen LogP contribution is -2.49. The van der Waals surface area contributed by atoms with Crippen LogP contribution < -0.4 is 5.32 Å². The van der Waals surface area contributed by atoms with Gasteiger partial charge in [-0.3, -0.25) is 10.1 Å². The van der Waals surface area contributed by atoms with Crippen LogP contribution in [-0.4, -0.2) is 48.2 Å². The number of aliphatic hydroxyl groups is 1. The van der Waals surface area contributed by atoms with E-state index in [4.69, 9.17) is 0 Å². The number of Topliss-reactive ketones (excluding diaryl/α,β-unsaturated/α-hetero) is 1. The van der Waals surface area contributed by atoms with Gasteiger partial charge in [-0.15, -0.1) is 0 Å². The Bertz CT molecular complexity index is 838. The van der Waals surface area contributed by atoms with Crippen LogP contribution in [0.1, 0.15) is 239 Å². The molecule has 0 aromatic heterocycles. The van der Waals surface area contributed by atoms with Gasteiger partial charge in [0.2, 0.25) is 0 Å². The SMILES string of the molecule is CCCCC/C=C\C/C=C\CCCCCCCCC(O)(CCCCCCCCCCCCCCCCCC)N[C@@H]1CC[C@@H](CCC(=O)CN(C)C)C1. The highest BCUT2D eigenvalue weighted by Gasteiger charge is 2.33. The molecule has 1 rings (SSSR count). The number of nitrogens with zero attached hydrogens (tertiary/aromatic N) is 1. The highest BCUT2D eigenvalue weighted by molar-refractivity contribution is 5.80. The molecule has 0 heterocycles. The number of carbonyl (C=O) groups excluding carboxylic acids is 1. The van der Waals surface area contributed by atoms with Crippen LogP contribution in [0.5, 0.6) is 0 Å². The van der Waals surface area contributed by atoms with Gasteiger partial charge >= 0.3 is 0 Å². The molecule has 0 amide bonds. The summed E-state index contributed by atoms with van der Waals surface area (Å²) in [4.78, 5) is 14.3. The Morgan fingerprint density at radius 1 is 0.615 bits per heavy atom. The summed E-state index contributed by atoms with van der Waals surface area (Å²) in [5, 5.41) is 15.7. The number of carbonyl (C=O) groups is 1. The highest BCUT2D eigenvalue weighted by Crippen LogP contribution is 2.32. The summed E-state index contributed by atoms with van der Waals surface area (Å²) < 4.78 is 0. The Labute approximate surface area is 326 Å². The van der Waals surface area contributed by atoms with Crippen molar-refractivity contribution in [2.24, 2.45) is 5.92 Å². The quantitative estimate of drug-likeness (QED) is 0.0376. The number of allylic oxidation sites excluding steroid dienone is 4. The van der Waals surface area contributed by atoms with E-state index in [1.807, 2.05) is 19.0 Å². The molecule has 0 aliphatic heterocycles.